The summed E-state index contributed by atoms with van der Waals surface area (Å²) in [5, 5.41) is 3.41. The van der Waals surface area contributed by atoms with Gasteiger partial charge in [-0.25, -0.2) is 0 Å². The van der Waals surface area contributed by atoms with Crippen molar-refractivity contribution in [1.82, 2.24) is 10.2 Å². The lowest BCUT2D eigenvalue weighted by Gasteiger charge is -2.33. The van der Waals surface area contributed by atoms with E-state index in [1.54, 1.807) is 0 Å². The Bertz CT molecular complexity index is 388. The molecule has 3 heteroatoms. The van der Waals surface area contributed by atoms with Gasteiger partial charge in [0.2, 0.25) is 0 Å². The number of nitrogens with zero attached hydrogens (tertiary/aromatic N) is 1. The van der Waals surface area contributed by atoms with Gasteiger partial charge in [-0.2, -0.15) is 0 Å². The molecule has 1 heterocycles. The summed E-state index contributed by atoms with van der Waals surface area (Å²) in [5.74, 6) is 1.97. The maximum Gasteiger partial charge on any atom is 0.118 e. The van der Waals surface area contributed by atoms with Gasteiger partial charge in [0.05, 0.1) is 12.8 Å². The second-order valence-corrected chi connectivity index (χ2v) is 6.44. The highest BCUT2D eigenvalue weighted by atomic mass is 16.3. The summed E-state index contributed by atoms with van der Waals surface area (Å²) in [6.45, 7) is 7.49. The van der Waals surface area contributed by atoms with E-state index in [1.165, 1.54) is 37.7 Å². The Hall–Kier alpha value is -0.800. The standard InChI is InChI=1S/C17H30N2O/c1-4-8-18-11-15-10-17(20-13-15)12-19(3)16-7-5-6-14(2)9-16/h10,13-14,16,18H,4-9,11-12H2,1-3H3. The summed E-state index contributed by atoms with van der Waals surface area (Å²) in [6, 6.07) is 2.93. The molecule has 2 atom stereocenters. The van der Waals surface area contributed by atoms with Crippen LogP contribution in [0.4, 0.5) is 0 Å². The van der Waals surface area contributed by atoms with Crippen molar-refractivity contribution in [2.24, 2.45) is 5.92 Å². The number of furan rings is 1. The molecule has 1 aromatic heterocycles. The third kappa shape index (κ3) is 4.64. The van der Waals surface area contributed by atoms with Crippen LogP contribution < -0.4 is 5.32 Å². The fourth-order valence-corrected chi connectivity index (χ4v) is 3.19. The molecule has 0 aliphatic heterocycles. The van der Waals surface area contributed by atoms with Crippen LogP contribution in [0.3, 0.4) is 0 Å². The molecular weight excluding hydrogens is 248 g/mol. The van der Waals surface area contributed by atoms with Crippen molar-refractivity contribution in [3.63, 3.8) is 0 Å². The molecule has 0 aromatic carbocycles. The molecule has 2 rings (SSSR count). The monoisotopic (exact) mass is 278 g/mol. The summed E-state index contributed by atoms with van der Waals surface area (Å²) in [5.41, 5.74) is 1.26. The normalized spacial score (nSPS) is 23.4. The summed E-state index contributed by atoms with van der Waals surface area (Å²) >= 11 is 0. The molecule has 1 N–H and O–H groups in total. The zero-order valence-corrected chi connectivity index (χ0v) is 13.3. The van der Waals surface area contributed by atoms with Crippen molar-refractivity contribution in [2.75, 3.05) is 13.6 Å². The highest BCUT2D eigenvalue weighted by Gasteiger charge is 2.22. The Morgan fingerprint density at radius 1 is 1.40 bits per heavy atom. The van der Waals surface area contributed by atoms with Gasteiger partial charge in [-0.15, -0.1) is 0 Å². The van der Waals surface area contributed by atoms with Gasteiger partial charge in [-0.05, 0) is 44.8 Å². The number of rotatable bonds is 7. The highest BCUT2D eigenvalue weighted by molar-refractivity contribution is 5.12. The van der Waals surface area contributed by atoms with Crippen LogP contribution >= 0.6 is 0 Å². The lowest BCUT2D eigenvalue weighted by molar-refractivity contribution is 0.149. The van der Waals surface area contributed by atoms with Crippen molar-refractivity contribution in [3.05, 3.63) is 23.7 Å². The molecule has 1 aliphatic rings. The minimum Gasteiger partial charge on any atom is -0.468 e. The highest BCUT2D eigenvalue weighted by Crippen LogP contribution is 2.27. The first-order valence-corrected chi connectivity index (χ1v) is 8.16. The molecule has 3 nitrogen and oxygen atoms in total. The molecule has 0 spiro atoms. The Morgan fingerprint density at radius 2 is 2.25 bits per heavy atom. The van der Waals surface area contributed by atoms with Crippen LogP contribution in [-0.2, 0) is 13.1 Å². The van der Waals surface area contributed by atoms with Gasteiger partial charge in [-0.3, -0.25) is 4.90 Å². The first-order valence-electron chi connectivity index (χ1n) is 8.16. The lowest BCUT2D eigenvalue weighted by Crippen LogP contribution is -2.34. The SMILES string of the molecule is CCCNCc1coc(CN(C)C2CCCC(C)C2)c1. The van der Waals surface area contributed by atoms with Gasteiger partial charge in [-0.1, -0.05) is 26.7 Å². The van der Waals surface area contributed by atoms with Crippen molar-refractivity contribution in [3.8, 4) is 0 Å². The number of nitrogens with one attached hydrogen (secondary N) is 1. The fraction of sp³-hybridized carbons (Fsp3) is 0.765. The quantitative estimate of drug-likeness (QED) is 0.769. The first kappa shape index (κ1) is 15.6. The minimum absolute atomic E-state index is 0.727. The molecular formula is C17H30N2O. The minimum atomic E-state index is 0.727. The van der Waals surface area contributed by atoms with Crippen molar-refractivity contribution in [1.29, 1.82) is 0 Å². The number of hydrogen-bond donors (Lipinski definition) is 1. The third-order valence-electron chi connectivity index (χ3n) is 4.40. The van der Waals surface area contributed by atoms with E-state index in [2.05, 4.69) is 37.2 Å². The van der Waals surface area contributed by atoms with E-state index >= 15 is 0 Å². The molecule has 1 saturated carbocycles. The van der Waals surface area contributed by atoms with Gasteiger partial charge < -0.3 is 9.73 Å². The molecule has 0 saturated heterocycles. The maximum absolute atomic E-state index is 5.70. The topological polar surface area (TPSA) is 28.4 Å². The van der Waals surface area contributed by atoms with Gasteiger partial charge in [0.1, 0.15) is 5.76 Å². The van der Waals surface area contributed by atoms with E-state index in [0.717, 1.165) is 37.4 Å². The molecule has 1 aliphatic carbocycles. The average molecular weight is 278 g/mol. The Balaban J connectivity index is 1.80. The summed E-state index contributed by atoms with van der Waals surface area (Å²) in [6.07, 6.45) is 8.52. The molecule has 0 amide bonds. The van der Waals surface area contributed by atoms with Crippen LogP contribution in [0.1, 0.15) is 57.3 Å². The van der Waals surface area contributed by atoms with Crippen LogP contribution in [0, 0.1) is 5.92 Å². The van der Waals surface area contributed by atoms with Crippen molar-refractivity contribution in [2.45, 2.75) is 65.1 Å². The zero-order chi connectivity index (χ0) is 14.4. The van der Waals surface area contributed by atoms with E-state index in [1.807, 2.05) is 6.26 Å². The Morgan fingerprint density at radius 3 is 3.00 bits per heavy atom. The summed E-state index contributed by atoms with van der Waals surface area (Å²) < 4.78 is 5.70. The van der Waals surface area contributed by atoms with Gasteiger partial charge >= 0.3 is 0 Å². The van der Waals surface area contributed by atoms with Crippen molar-refractivity contribution < 1.29 is 4.42 Å². The average Bonchev–Trinajstić information content (AvgIpc) is 2.86. The van der Waals surface area contributed by atoms with Gasteiger partial charge in [0.25, 0.3) is 0 Å². The van der Waals surface area contributed by atoms with Crippen LogP contribution in [0.25, 0.3) is 0 Å². The van der Waals surface area contributed by atoms with E-state index in [4.69, 9.17) is 4.42 Å². The second-order valence-electron chi connectivity index (χ2n) is 6.44. The largest absolute Gasteiger partial charge is 0.468 e. The smallest absolute Gasteiger partial charge is 0.118 e. The Kier molecular flexibility index (Phi) is 6.11. The molecule has 1 fully saturated rings. The van der Waals surface area contributed by atoms with Crippen LogP contribution in [0.15, 0.2) is 16.7 Å². The summed E-state index contributed by atoms with van der Waals surface area (Å²) in [4.78, 5) is 2.47. The zero-order valence-electron chi connectivity index (χ0n) is 13.3. The fourth-order valence-electron chi connectivity index (χ4n) is 3.19. The molecule has 1 aromatic rings. The van der Waals surface area contributed by atoms with Crippen molar-refractivity contribution >= 4 is 0 Å². The van der Waals surface area contributed by atoms with Crippen LogP contribution in [0.5, 0.6) is 0 Å². The predicted molar refractivity (Wildman–Crippen MR) is 83.6 cm³/mol. The predicted octanol–water partition coefficient (Wildman–Crippen LogP) is 3.79. The van der Waals surface area contributed by atoms with E-state index in [0.29, 0.717) is 0 Å². The maximum atomic E-state index is 5.70. The van der Waals surface area contributed by atoms with Crippen LogP contribution in [0.2, 0.25) is 0 Å². The Labute approximate surface area is 123 Å². The van der Waals surface area contributed by atoms with Crippen LogP contribution in [-0.4, -0.2) is 24.5 Å². The van der Waals surface area contributed by atoms with Gasteiger partial charge in [0.15, 0.2) is 0 Å². The molecule has 114 valence electrons. The van der Waals surface area contributed by atoms with E-state index < -0.39 is 0 Å². The van der Waals surface area contributed by atoms with E-state index in [-0.39, 0.29) is 0 Å². The van der Waals surface area contributed by atoms with E-state index in [9.17, 15) is 0 Å². The lowest BCUT2D eigenvalue weighted by atomic mass is 9.86. The van der Waals surface area contributed by atoms with Gasteiger partial charge in [0, 0.05) is 18.2 Å². The molecule has 2 unspecified atom stereocenters. The molecule has 20 heavy (non-hydrogen) atoms. The molecule has 0 bridgehead atoms. The number of hydrogen-bond acceptors (Lipinski definition) is 3. The second kappa shape index (κ2) is 7.84. The third-order valence-corrected chi connectivity index (χ3v) is 4.40. The summed E-state index contributed by atoms with van der Waals surface area (Å²) in [7, 11) is 2.24. The first-order chi connectivity index (χ1) is 9.69. The molecule has 0 radical (unpaired) electrons.